The maximum absolute atomic E-state index is 12.6. The third kappa shape index (κ3) is 6.05. The van der Waals surface area contributed by atoms with Crippen LogP contribution in [0.3, 0.4) is 0 Å². The third-order valence-electron chi connectivity index (χ3n) is 4.39. The molecule has 3 amide bonds. The molecule has 0 spiro atoms. The molecule has 1 saturated heterocycles. The van der Waals surface area contributed by atoms with E-state index in [1.165, 1.54) is 6.07 Å². The lowest BCUT2D eigenvalue weighted by Crippen LogP contribution is -2.36. The van der Waals surface area contributed by atoms with Gasteiger partial charge in [-0.15, -0.1) is 0 Å². The van der Waals surface area contributed by atoms with Crippen LogP contribution in [0.1, 0.15) is 35.7 Å². The van der Waals surface area contributed by atoms with Gasteiger partial charge in [0.15, 0.2) is 0 Å². The van der Waals surface area contributed by atoms with E-state index in [1.54, 1.807) is 24.3 Å². The van der Waals surface area contributed by atoms with E-state index in [0.717, 1.165) is 35.1 Å². The van der Waals surface area contributed by atoms with Gasteiger partial charge in [0.1, 0.15) is 6.54 Å². The van der Waals surface area contributed by atoms with Crippen LogP contribution in [0.5, 0.6) is 0 Å². The van der Waals surface area contributed by atoms with E-state index in [4.69, 9.17) is 4.74 Å². The largest absolute Gasteiger partial charge is 0.462 e. The molecule has 0 atom stereocenters. The van der Waals surface area contributed by atoms with Crippen molar-refractivity contribution in [2.75, 3.05) is 18.5 Å². The lowest BCUT2D eigenvalue weighted by atomic mass is 10.2. The molecule has 3 rings (SSSR count). The van der Waals surface area contributed by atoms with Gasteiger partial charge < -0.3 is 10.1 Å². The molecule has 31 heavy (non-hydrogen) atoms. The maximum Gasteiger partial charge on any atom is 0.338 e. The minimum absolute atomic E-state index is 0.265. The van der Waals surface area contributed by atoms with Crippen LogP contribution < -0.4 is 5.32 Å². The summed E-state index contributed by atoms with van der Waals surface area (Å²) in [5.41, 5.74) is 1.48. The molecule has 1 N–H and O–H groups in total. The maximum atomic E-state index is 12.6. The zero-order valence-electron chi connectivity index (χ0n) is 17.0. The van der Waals surface area contributed by atoms with E-state index in [9.17, 15) is 19.2 Å². The predicted molar refractivity (Wildman–Crippen MR) is 119 cm³/mol. The SMILES string of the molecule is CCCCOC(=O)c1cccc(NC(=O)CN2C(=O)S/C(=C/c3ccccc3)C2=O)c1. The van der Waals surface area contributed by atoms with Crippen molar-refractivity contribution in [2.45, 2.75) is 19.8 Å². The Morgan fingerprint density at radius 3 is 2.61 bits per heavy atom. The monoisotopic (exact) mass is 438 g/mol. The first-order chi connectivity index (χ1) is 15.0. The molecule has 0 aromatic heterocycles. The number of esters is 1. The molecular formula is C23H22N2O5S. The number of nitrogens with one attached hydrogen (secondary N) is 1. The Morgan fingerprint density at radius 2 is 1.87 bits per heavy atom. The molecule has 1 fully saturated rings. The smallest absolute Gasteiger partial charge is 0.338 e. The van der Waals surface area contributed by atoms with E-state index in [0.29, 0.717) is 17.9 Å². The molecule has 1 heterocycles. The van der Waals surface area contributed by atoms with E-state index < -0.39 is 29.6 Å². The summed E-state index contributed by atoms with van der Waals surface area (Å²) < 4.78 is 5.17. The minimum atomic E-state index is -0.542. The number of rotatable bonds is 8. The topological polar surface area (TPSA) is 92.8 Å². The normalized spacial score (nSPS) is 14.7. The van der Waals surface area contributed by atoms with Gasteiger partial charge >= 0.3 is 5.97 Å². The van der Waals surface area contributed by atoms with E-state index in [-0.39, 0.29) is 4.91 Å². The highest BCUT2D eigenvalue weighted by Gasteiger charge is 2.36. The predicted octanol–water partition coefficient (Wildman–Crippen LogP) is 4.32. The summed E-state index contributed by atoms with van der Waals surface area (Å²) in [6, 6.07) is 15.5. The summed E-state index contributed by atoms with van der Waals surface area (Å²) in [5.74, 6) is -1.52. The van der Waals surface area contributed by atoms with Crippen LogP contribution in [0.15, 0.2) is 59.5 Å². The average molecular weight is 439 g/mol. The molecule has 0 radical (unpaired) electrons. The molecule has 1 aliphatic heterocycles. The van der Waals surface area contributed by atoms with Crippen LogP contribution in [0.25, 0.3) is 6.08 Å². The van der Waals surface area contributed by atoms with Gasteiger partial charge in [0.05, 0.1) is 17.1 Å². The molecule has 2 aromatic rings. The van der Waals surface area contributed by atoms with Gasteiger partial charge in [0.25, 0.3) is 11.1 Å². The summed E-state index contributed by atoms with van der Waals surface area (Å²) in [5, 5.41) is 2.11. The Bertz CT molecular complexity index is 1020. The van der Waals surface area contributed by atoms with Gasteiger partial charge in [-0.2, -0.15) is 0 Å². The number of amides is 3. The Hall–Kier alpha value is -3.39. The highest BCUT2D eigenvalue weighted by Crippen LogP contribution is 2.32. The number of carbonyl (C=O) groups is 4. The van der Waals surface area contributed by atoms with Crippen molar-refractivity contribution in [3.63, 3.8) is 0 Å². The van der Waals surface area contributed by atoms with Crippen LogP contribution in [0.4, 0.5) is 10.5 Å². The summed E-state index contributed by atoms with van der Waals surface area (Å²) in [6.45, 7) is 1.92. The second kappa shape index (κ2) is 10.6. The zero-order valence-corrected chi connectivity index (χ0v) is 17.8. The first-order valence-corrected chi connectivity index (χ1v) is 10.7. The lowest BCUT2D eigenvalue weighted by molar-refractivity contribution is -0.127. The van der Waals surface area contributed by atoms with Gasteiger partial charge in [0.2, 0.25) is 5.91 Å². The fraction of sp³-hybridized carbons (Fsp3) is 0.217. The number of thioether (sulfide) groups is 1. The van der Waals surface area contributed by atoms with Gasteiger partial charge in [-0.25, -0.2) is 4.79 Å². The van der Waals surface area contributed by atoms with Crippen molar-refractivity contribution in [2.24, 2.45) is 0 Å². The van der Waals surface area contributed by atoms with Crippen molar-refractivity contribution in [1.29, 1.82) is 0 Å². The second-order valence-electron chi connectivity index (χ2n) is 6.80. The Kier molecular flexibility index (Phi) is 7.61. The number of nitrogens with zero attached hydrogens (tertiary/aromatic N) is 1. The van der Waals surface area contributed by atoms with Gasteiger partial charge in [-0.1, -0.05) is 49.7 Å². The zero-order chi connectivity index (χ0) is 22.2. The first kappa shape index (κ1) is 22.3. The molecule has 0 saturated carbocycles. The van der Waals surface area contributed by atoms with Gasteiger partial charge in [0, 0.05) is 5.69 Å². The lowest BCUT2D eigenvalue weighted by Gasteiger charge is -2.13. The Labute approximate surface area is 184 Å². The Balaban J connectivity index is 1.61. The van der Waals surface area contributed by atoms with Crippen LogP contribution in [0.2, 0.25) is 0 Å². The van der Waals surface area contributed by atoms with Gasteiger partial charge in [-0.05, 0) is 48.0 Å². The number of unbranched alkanes of at least 4 members (excludes halogenated alkanes) is 1. The molecular weight excluding hydrogens is 416 g/mol. The van der Waals surface area contributed by atoms with Crippen LogP contribution in [-0.4, -0.2) is 41.1 Å². The number of hydrogen-bond acceptors (Lipinski definition) is 6. The highest BCUT2D eigenvalue weighted by molar-refractivity contribution is 8.18. The van der Waals surface area contributed by atoms with Crippen molar-refractivity contribution in [3.8, 4) is 0 Å². The number of imide groups is 1. The summed E-state index contributed by atoms with van der Waals surface area (Å²) in [7, 11) is 0. The van der Waals surface area contributed by atoms with E-state index >= 15 is 0 Å². The van der Waals surface area contributed by atoms with Crippen LogP contribution in [-0.2, 0) is 14.3 Å². The second-order valence-corrected chi connectivity index (χ2v) is 7.79. The third-order valence-corrected chi connectivity index (χ3v) is 5.29. The van der Waals surface area contributed by atoms with Crippen LogP contribution in [0, 0.1) is 0 Å². The number of benzene rings is 2. The Morgan fingerprint density at radius 1 is 1.10 bits per heavy atom. The fourth-order valence-corrected chi connectivity index (χ4v) is 3.64. The molecule has 0 aliphatic carbocycles. The quantitative estimate of drug-likeness (QED) is 0.375. The van der Waals surface area contributed by atoms with Crippen molar-refractivity contribution in [3.05, 3.63) is 70.6 Å². The molecule has 8 heteroatoms. The number of hydrogen-bond donors (Lipinski definition) is 1. The summed E-state index contributed by atoms with van der Waals surface area (Å²) in [6.07, 6.45) is 3.31. The number of ether oxygens (including phenoxy) is 1. The minimum Gasteiger partial charge on any atom is -0.462 e. The molecule has 0 unspecified atom stereocenters. The summed E-state index contributed by atoms with van der Waals surface area (Å²) >= 11 is 0.798. The average Bonchev–Trinajstić information content (AvgIpc) is 3.02. The highest BCUT2D eigenvalue weighted by atomic mass is 32.2. The number of carbonyl (C=O) groups excluding carboxylic acids is 4. The molecule has 1 aliphatic rings. The molecule has 160 valence electrons. The van der Waals surface area contributed by atoms with Crippen LogP contribution >= 0.6 is 11.8 Å². The fourth-order valence-electron chi connectivity index (χ4n) is 2.80. The van der Waals surface area contributed by atoms with Gasteiger partial charge in [-0.3, -0.25) is 19.3 Å². The molecule has 2 aromatic carbocycles. The van der Waals surface area contributed by atoms with E-state index in [1.807, 2.05) is 37.3 Å². The van der Waals surface area contributed by atoms with Crippen molar-refractivity contribution >= 4 is 46.5 Å². The standard InChI is InChI=1S/C23H22N2O5S/c1-2-3-12-30-22(28)17-10-7-11-18(14-17)24-20(26)15-25-21(27)19(31-23(25)29)13-16-8-5-4-6-9-16/h4-11,13-14H,2-3,12,15H2,1H3,(H,24,26)/b19-13+. The van der Waals surface area contributed by atoms with Crippen molar-refractivity contribution in [1.82, 2.24) is 4.90 Å². The first-order valence-electron chi connectivity index (χ1n) is 9.85. The number of anilines is 1. The van der Waals surface area contributed by atoms with E-state index in [2.05, 4.69) is 5.32 Å². The summed E-state index contributed by atoms with van der Waals surface area (Å²) in [4.78, 5) is 50.4. The molecule has 7 nitrogen and oxygen atoms in total. The molecule has 0 bridgehead atoms. The van der Waals surface area contributed by atoms with Crippen molar-refractivity contribution < 1.29 is 23.9 Å².